The molecule has 1 aromatic heterocycles. The molecule has 41 heavy (non-hydrogen) atoms. The first-order valence-corrected chi connectivity index (χ1v) is 15.6. The smallest absolute Gasteiger partial charge is 0.263 e. The third kappa shape index (κ3) is 6.25. The molecule has 0 aliphatic heterocycles. The van der Waals surface area contributed by atoms with Gasteiger partial charge in [0, 0.05) is 15.7 Å². The van der Waals surface area contributed by atoms with Gasteiger partial charge >= 0.3 is 0 Å². The van der Waals surface area contributed by atoms with Crippen molar-refractivity contribution in [2.24, 2.45) is 0 Å². The van der Waals surface area contributed by atoms with Crippen LogP contribution in [0.3, 0.4) is 0 Å². The zero-order valence-electron chi connectivity index (χ0n) is 21.4. The normalized spacial score (nSPS) is 11.4. The fourth-order valence-corrected chi connectivity index (χ4v) is 6.64. The van der Waals surface area contributed by atoms with Crippen molar-refractivity contribution >= 4 is 75.0 Å². The molecule has 6 rings (SSSR count). The molecule has 0 fully saturated rings. The van der Waals surface area contributed by atoms with Gasteiger partial charge in [-0.25, -0.2) is 13.4 Å². The number of thiazole rings is 1. The molecule has 7 nitrogen and oxygen atoms in total. The predicted molar refractivity (Wildman–Crippen MR) is 167 cm³/mol. The number of amides is 1. The average molecular weight is 645 g/mol. The number of carbonyl (C=O) groups excluding carboxylic acids is 1. The maximum absolute atomic E-state index is 13.0. The van der Waals surface area contributed by atoms with Crippen LogP contribution in [0.2, 0.25) is 0 Å². The van der Waals surface area contributed by atoms with E-state index in [1.165, 1.54) is 11.3 Å². The highest BCUT2D eigenvalue weighted by Gasteiger charge is 2.18. The van der Waals surface area contributed by atoms with Gasteiger partial charge in [-0.3, -0.25) is 9.52 Å². The van der Waals surface area contributed by atoms with Crippen LogP contribution in [0.4, 0.5) is 10.8 Å². The fraction of sp³-hybridized carbons (Fsp3) is 0.0323. The number of nitrogens with one attached hydrogen (secondary N) is 2. The standard InChI is InChI=1S/C31H22BrN3O4S2/c32-24-9-5-20(6-10-24)19-39-26-13-11-25(12-14-26)33-30(36)23-8-16-28-29(18-23)40-31(34-28)35-41(37,38)27-15-7-21-3-1-2-4-22(21)17-27/h1-18H,19H2,(H,33,36)(H,34,35). The Kier molecular flexibility index (Phi) is 7.44. The van der Waals surface area contributed by atoms with Crippen molar-refractivity contribution in [3.63, 3.8) is 0 Å². The summed E-state index contributed by atoms with van der Waals surface area (Å²) in [6.45, 7) is 0.439. The molecule has 0 atom stereocenters. The number of halogens is 1. The molecule has 0 unspecified atom stereocenters. The summed E-state index contributed by atoms with van der Waals surface area (Å²) in [4.78, 5) is 17.5. The number of carbonyl (C=O) groups is 1. The molecule has 6 aromatic rings. The number of rotatable bonds is 8. The highest BCUT2D eigenvalue weighted by atomic mass is 79.9. The molecule has 0 saturated carbocycles. The van der Waals surface area contributed by atoms with Crippen molar-refractivity contribution in [1.29, 1.82) is 0 Å². The van der Waals surface area contributed by atoms with Crippen molar-refractivity contribution in [3.05, 3.63) is 125 Å². The van der Waals surface area contributed by atoms with E-state index in [-0.39, 0.29) is 15.9 Å². The van der Waals surface area contributed by atoms with Crippen molar-refractivity contribution in [2.75, 3.05) is 10.0 Å². The monoisotopic (exact) mass is 643 g/mol. The Morgan fingerprint density at radius 1 is 0.854 bits per heavy atom. The molecule has 0 aliphatic carbocycles. The van der Waals surface area contributed by atoms with E-state index in [0.717, 1.165) is 20.8 Å². The maximum atomic E-state index is 13.0. The Morgan fingerprint density at radius 3 is 2.39 bits per heavy atom. The van der Waals surface area contributed by atoms with Crippen LogP contribution in [0.5, 0.6) is 5.75 Å². The number of hydrogen-bond acceptors (Lipinski definition) is 6. The van der Waals surface area contributed by atoms with Crippen molar-refractivity contribution in [1.82, 2.24) is 4.98 Å². The topological polar surface area (TPSA) is 97.4 Å². The molecular weight excluding hydrogens is 622 g/mol. The van der Waals surface area contributed by atoms with Gasteiger partial charge in [0.15, 0.2) is 5.13 Å². The quantitative estimate of drug-likeness (QED) is 0.176. The van der Waals surface area contributed by atoms with Crippen LogP contribution in [0, 0.1) is 0 Å². The van der Waals surface area contributed by atoms with Gasteiger partial charge in [-0.05, 0) is 83.1 Å². The second-order valence-corrected chi connectivity index (χ2v) is 12.8. The lowest BCUT2D eigenvalue weighted by Crippen LogP contribution is -2.12. The van der Waals surface area contributed by atoms with E-state index in [1.807, 2.05) is 48.5 Å². The molecule has 1 heterocycles. The first-order valence-electron chi connectivity index (χ1n) is 12.5. The Bertz CT molecular complexity index is 1990. The molecule has 0 saturated heterocycles. The van der Waals surface area contributed by atoms with Gasteiger partial charge in [-0.15, -0.1) is 0 Å². The van der Waals surface area contributed by atoms with E-state index < -0.39 is 10.0 Å². The lowest BCUT2D eigenvalue weighted by molar-refractivity contribution is 0.102. The van der Waals surface area contributed by atoms with Gasteiger partial charge in [0.25, 0.3) is 15.9 Å². The Balaban J connectivity index is 1.11. The molecule has 2 N–H and O–H groups in total. The summed E-state index contributed by atoms with van der Waals surface area (Å²) in [5, 5.41) is 4.90. The molecule has 1 amide bonds. The Hall–Kier alpha value is -4.25. The van der Waals surface area contributed by atoms with Crippen LogP contribution in [0.1, 0.15) is 15.9 Å². The Morgan fingerprint density at radius 2 is 1.61 bits per heavy atom. The molecule has 10 heteroatoms. The van der Waals surface area contributed by atoms with Gasteiger partial charge in [0.1, 0.15) is 12.4 Å². The van der Waals surface area contributed by atoms with Gasteiger partial charge in [0.05, 0.1) is 15.1 Å². The second kappa shape index (κ2) is 11.3. The lowest BCUT2D eigenvalue weighted by atomic mass is 10.1. The SMILES string of the molecule is O=C(Nc1ccc(OCc2ccc(Br)cc2)cc1)c1ccc2nc(NS(=O)(=O)c3ccc4ccccc4c3)sc2c1. The summed E-state index contributed by atoms with van der Waals surface area (Å²) in [7, 11) is -3.84. The lowest BCUT2D eigenvalue weighted by Gasteiger charge is -2.09. The summed E-state index contributed by atoms with van der Waals surface area (Å²) >= 11 is 4.59. The minimum Gasteiger partial charge on any atom is -0.489 e. The van der Waals surface area contributed by atoms with E-state index in [1.54, 1.807) is 60.7 Å². The van der Waals surface area contributed by atoms with E-state index >= 15 is 0 Å². The average Bonchev–Trinajstić information content (AvgIpc) is 3.38. The zero-order valence-corrected chi connectivity index (χ0v) is 24.6. The highest BCUT2D eigenvalue weighted by molar-refractivity contribution is 9.10. The highest BCUT2D eigenvalue weighted by Crippen LogP contribution is 2.30. The summed E-state index contributed by atoms with van der Waals surface area (Å²) < 4.78 is 36.2. The van der Waals surface area contributed by atoms with Crippen LogP contribution < -0.4 is 14.8 Å². The number of anilines is 2. The summed E-state index contributed by atoms with van der Waals surface area (Å²) in [5.41, 5.74) is 2.70. The number of aromatic nitrogens is 1. The third-order valence-electron chi connectivity index (χ3n) is 6.33. The molecule has 0 spiro atoms. The molecule has 0 aliphatic rings. The van der Waals surface area contributed by atoms with Crippen LogP contribution >= 0.6 is 27.3 Å². The van der Waals surface area contributed by atoms with E-state index in [0.29, 0.717) is 33.8 Å². The maximum Gasteiger partial charge on any atom is 0.263 e. The molecule has 0 radical (unpaired) electrons. The summed E-state index contributed by atoms with van der Waals surface area (Å²) in [6, 6.07) is 32.7. The zero-order chi connectivity index (χ0) is 28.4. The summed E-state index contributed by atoms with van der Waals surface area (Å²) in [5.74, 6) is 0.401. The van der Waals surface area contributed by atoms with E-state index in [2.05, 4.69) is 31.0 Å². The number of benzene rings is 5. The molecule has 0 bridgehead atoms. The number of sulfonamides is 1. The van der Waals surface area contributed by atoms with Crippen molar-refractivity contribution in [2.45, 2.75) is 11.5 Å². The Labute approximate surface area is 249 Å². The van der Waals surface area contributed by atoms with E-state index in [4.69, 9.17) is 4.74 Å². The second-order valence-electron chi connectivity index (χ2n) is 9.21. The molecule has 5 aromatic carbocycles. The fourth-order valence-electron chi connectivity index (χ4n) is 4.20. The van der Waals surface area contributed by atoms with Gasteiger partial charge in [-0.2, -0.15) is 0 Å². The van der Waals surface area contributed by atoms with Gasteiger partial charge < -0.3 is 10.1 Å². The third-order valence-corrected chi connectivity index (χ3v) is 9.26. The summed E-state index contributed by atoms with van der Waals surface area (Å²) in [6.07, 6.45) is 0. The van der Waals surface area contributed by atoms with Crippen molar-refractivity contribution < 1.29 is 17.9 Å². The van der Waals surface area contributed by atoms with Gasteiger partial charge in [-0.1, -0.05) is 69.7 Å². The minimum atomic E-state index is -3.84. The van der Waals surface area contributed by atoms with E-state index in [9.17, 15) is 13.2 Å². The number of fused-ring (bicyclic) bond motifs is 2. The number of ether oxygens (including phenoxy) is 1. The first kappa shape index (κ1) is 26.9. The largest absolute Gasteiger partial charge is 0.489 e. The van der Waals surface area contributed by atoms with Crippen LogP contribution in [-0.2, 0) is 16.6 Å². The predicted octanol–water partition coefficient (Wildman–Crippen LogP) is 7.84. The number of hydrogen-bond donors (Lipinski definition) is 2. The molecular formula is C31H22BrN3O4S2. The van der Waals surface area contributed by atoms with Crippen LogP contribution in [-0.4, -0.2) is 19.3 Å². The van der Waals surface area contributed by atoms with Crippen LogP contribution in [0.15, 0.2) is 119 Å². The van der Waals surface area contributed by atoms with Gasteiger partial charge in [0.2, 0.25) is 0 Å². The van der Waals surface area contributed by atoms with Crippen LogP contribution in [0.25, 0.3) is 21.0 Å². The number of nitrogens with zero attached hydrogens (tertiary/aromatic N) is 1. The molecule has 204 valence electrons. The van der Waals surface area contributed by atoms with Crippen molar-refractivity contribution in [3.8, 4) is 5.75 Å². The first-order chi connectivity index (χ1) is 19.8. The minimum absolute atomic E-state index is 0.153.